The number of rotatable bonds is 3. The lowest BCUT2D eigenvalue weighted by Crippen LogP contribution is -2.21. The predicted octanol–water partition coefficient (Wildman–Crippen LogP) is 5.25. The first-order valence-corrected chi connectivity index (χ1v) is 7.05. The van der Waals surface area contributed by atoms with Crippen molar-refractivity contribution in [2.45, 2.75) is 6.36 Å². The van der Waals surface area contributed by atoms with Crippen LogP contribution in [0.2, 0.25) is 5.02 Å². The van der Waals surface area contributed by atoms with E-state index in [2.05, 4.69) is 26.0 Å². The summed E-state index contributed by atoms with van der Waals surface area (Å²) in [5.74, 6) is -1.52. The third-order valence-electron chi connectivity index (χ3n) is 2.54. The molecule has 22 heavy (non-hydrogen) atoms. The lowest BCUT2D eigenvalue weighted by Gasteiger charge is -2.15. The van der Waals surface area contributed by atoms with E-state index in [-0.39, 0.29) is 15.1 Å². The number of hydrogen-bond acceptors (Lipinski definition) is 2. The number of benzene rings is 2. The molecule has 0 aromatic heterocycles. The lowest BCUT2D eigenvalue weighted by atomic mass is 10.2. The molecular formula is C14H8BrClF3NO2. The topological polar surface area (TPSA) is 38.3 Å². The Morgan fingerprint density at radius 3 is 2.36 bits per heavy atom. The highest BCUT2D eigenvalue weighted by Crippen LogP contribution is 2.38. The first-order chi connectivity index (χ1) is 10.3. The van der Waals surface area contributed by atoms with E-state index in [4.69, 9.17) is 11.6 Å². The highest BCUT2D eigenvalue weighted by molar-refractivity contribution is 9.10. The number of carbonyl (C=O) groups is 1. The molecule has 2 aromatic carbocycles. The molecule has 0 fully saturated rings. The number of ether oxygens (including phenoxy) is 1. The standard InChI is InChI=1S/C14H8BrClF3NO2/c15-10-7-6-9(12(11(10)16)22-14(17,18)19)13(21)20-8-4-2-1-3-5-8/h1-7H,(H,20,21). The Morgan fingerprint density at radius 2 is 1.77 bits per heavy atom. The van der Waals surface area contributed by atoms with E-state index in [9.17, 15) is 18.0 Å². The molecule has 0 aliphatic heterocycles. The van der Waals surface area contributed by atoms with Gasteiger partial charge in [0.05, 0.1) is 10.6 Å². The van der Waals surface area contributed by atoms with Gasteiger partial charge in [0.1, 0.15) is 0 Å². The van der Waals surface area contributed by atoms with Gasteiger partial charge >= 0.3 is 6.36 Å². The van der Waals surface area contributed by atoms with Crippen LogP contribution in [0.3, 0.4) is 0 Å². The zero-order chi connectivity index (χ0) is 16.3. The number of halogens is 5. The number of carbonyl (C=O) groups excluding carboxylic acids is 1. The highest BCUT2D eigenvalue weighted by Gasteiger charge is 2.34. The largest absolute Gasteiger partial charge is 0.573 e. The molecule has 116 valence electrons. The molecule has 0 atom stereocenters. The van der Waals surface area contributed by atoms with Crippen molar-refractivity contribution >= 4 is 39.1 Å². The average molecular weight is 395 g/mol. The van der Waals surface area contributed by atoms with Crippen LogP contribution < -0.4 is 10.1 Å². The molecule has 0 bridgehead atoms. The summed E-state index contributed by atoms with van der Waals surface area (Å²) in [5, 5.41) is 2.14. The van der Waals surface area contributed by atoms with Gasteiger partial charge in [0.25, 0.3) is 5.91 Å². The summed E-state index contributed by atoms with van der Waals surface area (Å²) in [5.41, 5.74) is 0.110. The van der Waals surface area contributed by atoms with Crippen LogP contribution in [0.5, 0.6) is 5.75 Å². The molecule has 0 unspecified atom stereocenters. The Morgan fingerprint density at radius 1 is 1.14 bits per heavy atom. The van der Waals surface area contributed by atoms with Crippen LogP contribution in [0.25, 0.3) is 0 Å². The highest BCUT2D eigenvalue weighted by atomic mass is 79.9. The van der Waals surface area contributed by atoms with Gasteiger partial charge in [0.2, 0.25) is 0 Å². The van der Waals surface area contributed by atoms with Gasteiger partial charge in [-0.1, -0.05) is 29.8 Å². The first kappa shape index (κ1) is 16.6. The van der Waals surface area contributed by atoms with E-state index in [1.54, 1.807) is 30.3 Å². The number of alkyl halides is 3. The van der Waals surface area contributed by atoms with Crippen molar-refractivity contribution < 1.29 is 22.7 Å². The third kappa shape index (κ3) is 4.14. The number of nitrogens with one attached hydrogen (secondary N) is 1. The van der Waals surface area contributed by atoms with Crippen LogP contribution in [-0.4, -0.2) is 12.3 Å². The molecule has 0 aliphatic carbocycles. The van der Waals surface area contributed by atoms with E-state index in [1.807, 2.05) is 0 Å². The van der Waals surface area contributed by atoms with Crippen molar-refractivity contribution in [1.29, 1.82) is 0 Å². The number of para-hydroxylation sites is 1. The van der Waals surface area contributed by atoms with Crippen molar-refractivity contribution in [1.82, 2.24) is 0 Å². The van der Waals surface area contributed by atoms with Crippen molar-refractivity contribution in [3.05, 3.63) is 57.5 Å². The summed E-state index contributed by atoms with van der Waals surface area (Å²) in [6.07, 6.45) is -4.97. The minimum absolute atomic E-state index is 0.185. The van der Waals surface area contributed by atoms with Crippen molar-refractivity contribution in [3.63, 3.8) is 0 Å². The van der Waals surface area contributed by atoms with E-state index in [1.165, 1.54) is 12.1 Å². The second kappa shape index (κ2) is 6.58. The van der Waals surface area contributed by atoms with E-state index in [0.717, 1.165) is 0 Å². The molecule has 0 radical (unpaired) electrons. The Bertz CT molecular complexity index is 692. The van der Waals surface area contributed by atoms with Crippen molar-refractivity contribution in [2.75, 3.05) is 5.32 Å². The molecule has 1 N–H and O–H groups in total. The smallest absolute Gasteiger partial charge is 0.403 e. The van der Waals surface area contributed by atoms with Crippen LogP contribution in [0.15, 0.2) is 46.9 Å². The van der Waals surface area contributed by atoms with Gasteiger partial charge in [-0.3, -0.25) is 4.79 Å². The Labute approximate surface area is 137 Å². The van der Waals surface area contributed by atoms with E-state index >= 15 is 0 Å². The maximum Gasteiger partial charge on any atom is 0.573 e. The van der Waals surface area contributed by atoms with Gasteiger partial charge in [-0.25, -0.2) is 0 Å². The van der Waals surface area contributed by atoms with Crippen LogP contribution in [0, 0.1) is 0 Å². The molecular weight excluding hydrogens is 387 g/mol. The zero-order valence-electron chi connectivity index (χ0n) is 10.7. The molecule has 3 nitrogen and oxygen atoms in total. The predicted molar refractivity (Wildman–Crippen MR) is 80.2 cm³/mol. The Hall–Kier alpha value is -1.73. The molecule has 0 saturated carbocycles. The van der Waals surface area contributed by atoms with Gasteiger partial charge in [-0.05, 0) is 40.2 Å². The lowest BCUT2D eigenvalue weighted by molar-refractivity contribution is -0.274. The van der Waals surface area contributed by atoms with Crippen LogP contribution in [-0.2, 0) is 0 Å². The molecule has 1 amide bonds. The third-order valence-corrected chi connectivity index (χ3v) is 3.81. The van der Waals surface area contributed by atoms with E-state index < -0.39 is 18.0 Å². The second-order valence-electron chi connectivity index (χ2n) is 4.11. The molecule has 0 heterocycles. The maximum atomic E-state index is 12.5. The fourth-order valence-corrected chi connectivity index (χ4v) is 2.16. The molecule has 2 rings (SSSR count). The summed E-state index contributed by atoms with van der Waals surface area (Å²) >= 11 is 8.79. The SMILES string of the molecule is O=C(Nc1ccccc1)c1ccc(Br)c(Cl)c1OC(F)(F)F. The maximum absolute atomic E-state index is 12.5. The molecule has 8 heteroatoms. The first-order valence-electron chi connectivity index (χ1n) is 5.88. The Balaban J connectivity index is 2.37. The van der Waals surface area contributed by atoms with Gasteiger partial charge in [-0.2, -0.15) is 0 Å². The number of anilines is 1. The molecule has 2 aromatic rings. The van der Waals surface area contributed by atoms with Crippen molar-refractivity contribution in [2.24, 2.45) is 0 Å². The Kier molecular flexibility index (Phi) is 4.97. The summed E-state index contributed by atoms with van der Waals surface area (Å²) < 4.78 is 41.6. The summed E-state index contributed by atoms with van der Waals surface area (Å²) in [7, 11) is 0. The summed E-state index contributed by atoms with van der Waals surface area (Å²) in [4.78, 5) is 12.2. The van der Waals surface area contributed by atoms with Crippen LogP contribution >= 0.6 is 27.5 Å². The molecule has 0 saturated heterocycles. The van der Waals surface area contributed by atoms with Gasteiger partial charge in [-0.15, -0.1) is 13.2 Å². The number of hydrogen-bond donors (Lipinski definition) is 1. The van der Waals surface area contributed by atoms with E-state index in [0.29, 0.717) is 5.69 Å². The summed E-state index contributed by atoms with van der Waals surface area (Å²) in [6, 6.07) is 10.9. The molecule has 0 aliphatic rings. The second-order valence-corrected chi connectivity index (χ2v) is 5.34. The van der Waals surface area contributed by atoms with Gasteiger partial charge < -0.3 is 10.1 Å². The minimum atomic E-state index is -4.97. The average Bonchev–Trinajstić information content (AvgIpc) is 2.44. The fraction of sp³-hybridized carbons (Fsp3) is 0.0714. The van der Waals surface area contributed by atoms with Crippen LogP contribution in [0.4, 0.5) is 18.9 Å². The zero-order valence-corrected chi connectivity index (χ0v) is 13.1. The summed E-state index contributed by atoms with van der Waals surface area (Å²) in [6.45, 7) is 0. The number of amides is 1. The fourth-order valence-electron chi connectivity index (χ4n) is 1.65. The van der Waals surface area contributed by atoms with Gasteiger partial charge in [0.15, 0.2) is 5.75 Å². The monoisotopic (exact) mass is 393 g/mol. The van der Waals surface area contributed by atoms with Crippen molar-refractivity contribution in [3.8, 4) is 5.75 Å². The quantitative estimate of drug-likeness (QED) is 0.772. The normalized spacial score (nSPS) is 11.1. The minimum Gasteiger partial charge on any atom is -0.403 e. The van der Waals surface area contributed by atoms with Gasteiger partial charge in [0, 0.05) is 10.2 Å². The molecule has 0 spiro atoms. The van der Waals surface area contributed by atoms with Crippen LogP contribution in [0.1, 0.15) is 10.4 Å².